The van der Waals surface area contributed by atoms with E-state index in [1.165, 1.54) is 11.1 Å². The Morgan fingerprint density at radius 1 is 1.19 bits per heavy atom. The van der Waals surface area contributed by atoms with Crippen LogP contribution in [0, 0.1) is 5.92 Å². The van der Waals surface area contributed by atoms with Crippen LogP contribution in [0.5, 0.6) is 0 Å². The molecule has 3 nitrogen and oxygen atoms in total. The van der Waals surface area contributed by atoms with Crippen molar-refractivity contribution in [2.24, 2.45) is 11.7 Å². The Morgan fingerprint density at radius 2 is 1.90 bits per heavy atom. The third-order valence-electron chi connectivity index (χ3n) is 4.47. The predicted octanol–water partition coefficient (Wildman–Crippen LogP) is 4.00. The maximum atomic E-state index is 12.4. The zero-order chi connectivity index (χ0) is 15.6. The first kappa shape index (κ1) is 16.0. The smallest absolute Gasteiger partial charge is 0.227 e. The standard InChI is InChI=1S/C18H28N2O/c1-11(2)13-6-8-17(16(10-13)12(3)4)20-18(21)14-5-7-15(19)9-14/h6,8,10-12,14-15H,5,7,9,19H2,1-4H3,(H,20,21). The summed E-state index contributed by atoms with van der Waals surface area (Å²) in [6.45, 7) is 8.72. The molecular weight excluding hydrogens is 260 g/mol. The molecule has 1 saturated carbocycles. The van der Waals surface area contributed by atoms with E-state index in [0.717, 1.165) is 24.9 Å². The van der Waals surface area contributed by atoms with Crippen LogP contribution in [0.2, 0.25) is 0 Å². The first-order chi connectivity index (χ1) is 9.88. The monoisotopic (exact) mass is 288 g/mol. The number of carbonyl (C=O) groups excluding carboxylic acids is 1. The molecule has 0 saturated heterocycles. The summed E-state index contributed by atoms with van der Waals surface area (Å²) in [4.78, 5) is 12.4. The molecule has 2 rings (SSSR count). The number of rotatable bonds is 4. The van der Waals surface area contributed by atoms with Crippen LogP contribution >= 0.6 is 0 Å². The Kier molecular flexibility index (Phi) is 5.04. The van der Waals surface area contributed by atoms with Crippen molar-refractivity contribution in [2.75, 3.05) is 5.32 Å². The lowest BCUT2D eigenvalue weighted by molar-refractivity contribution is -0.119. The van der Waals surface area contributed by atoms with E-state index in [4.69, 9.17) is 5.73 Å². The lowest BCUT2D eigenvalue weighted by Gasteiger charge is -2.18. The second kappa shape index (κ2) is 6.61. The summed E-state index contributed by atoms with van der Waals surface area (Å²) < 4.78 is 0. The van der Waals surface area contributed by atoms with Gasteiger partial charge in [0, 0.05) is 17.6 Å². The van der Waals surface area contributed by atoms with Crippen molar-refractivity contribution in [1.82, 2.24) is 0 Å². The molecule has 2 unspecified atom stereocenters. The van der Waals surface area contributed by atoms with Crippen LogP contribution in [0.15, 0.2) is 18.2 Å². The van der Waals surface area contributed by atoms with Crippen LogP contribution < -0.4 is 11.1 Å². The molecule has 0 aliphatic heterocycles. The van der Waals surface area contributed by atoms with Crippen molar-refractivity contribution in [3.8, 4) is 0 Å². The average molecular weight is 288 g/mol. The van der Waals surface area contributed by atoms with Gasteiger partial charge in [0.1, 0.15) is 0 Å². The summed E-state index contributed by atoms with van der Waals surface area (Å²) >= 11 is 0. The molecule has 1 aromatic rings. The van der Waals surface area contributed by atoms with Gasteiger partial charge in [-0.1, -0.05) is 39.8 Å². The van der Waals surface area contributed by atoms with Crippen molar-refractivity contribution in [2.45, 2.75) is 64.8 Å². The Balaban J connectivity index is 2.17. The van der Waals surface area contributed by atoms with Crippen molar-refractivity contribution in [3.63, 3.8) is 0 Å². The van der Waals surface area contributed by atoms with Crippen LogP contribution in [0.25, 0.3) is 0 Å². The summed E-state index contributed by atoms with van der Waals surface area (Å²) in [6, 6.07) is 6.59. The zero-order valence-electron chi connectivity index (χ0n) is 13.6. The minimum Gasteiger partial charge on any atom is -0.328 e. The van der Waals surface area contributed by atoms with Gasteiger partial charge in [-0.15, -0.1) is 0 Å². The van der Waals surface area contributed by atoms with Crippen LogP contribution in [0.1, 0.15) is 69.9 Å². The van der Waals surface area contributed by atoms with E-state index in [9.17, 15) is 4.79 Å². The molecule has 0 aromatic heterocycles. The van der Waals surface area contributed by atoms with E-state index in [1.807, 2.05) is 0 Å². The molecule has 116 valence electrons. The number of anilines is 1. The molecule has 0 spiro atoms. The Morgan fingerprint density at radius 3 is 2.43 bits per heavy atom. The van der Waals surface area contributed by atoms with Gasteiger partial charge in [-0.05, 0) is 48.3 Å². The highest BCUT2D eigenvalue weighted by Crippen LogP contribution is 2.30. The largest absolute Gasteiger partial charge is 0.328 e. The van der Waals surface area contributed by atoms with Crippen LogP contribution in [-0.2, 0) is 4.79 Å². The molecule has 3 heteroatoms. The maximum Gasteiger partial charge on any atom is 0.227 e. The van der Waals surface area contributed by atoms with Crippen LogP contribution in [0.4, 0.5) is 5.69 Å². The zero-order valence-corrected chi connectivity index (χ0v) is 13.6. The van der Waals surface area contributed by atoms with E-state index < -0.39 is 0 Å². The summed E-state index contributed by atoms with van der Waals surface area (Å²) in [7, 11) is 0. The van der Waals surface area contributed by atoms with Gasteiger partial charge >= 0.3 is 0 Å². The summed E-state index contributed by atoms with van der Waals surface area (Å²) in [5.41, 5.74) is 9.40. The molecule has 1 aliphatic rings. The number of benzene rings is 1. The molecule has 0 radical (unpaired) electrons. The Bertz CT molecular complexity index is 508. The third-order valence-corrected chi connectivity index (χ3v) is 4.47. The van der Waals surface area contributed by atoms with Crippen molar-refractivity contribution < 1.29 is 4.79 Å². The van der Waals surface area contributed by atoms with E-state index in [-0.39, 0.29) is 17.9 Å². The molecule has 2 atom stereocenters. The average Bonchev–Trinajstić information content (AvgIpc) is 2.85. The number of carbonyl (C=O) groups is 1. The molecule has 1 fully saturated rings. The topological polar surface area (TPSA) is 55.1 Å². The fourth-order valence-electron chi connectivity index (χ4n) is 3.02. The van der Waals surface area contributed by atoms with Crippen LogP contribution in [0.3, 0.4) is 0 Å². The Labute approximate surface area is 128 Å². The molecule has 3 N–H and O–H groups in total. The minimum atomic E-state index is 0.0739. The van der Waals surface area contributed by atoms with Gasteiger partial charge < -0.3 is 11.1 Å². The SMILES string of the molecule is CC(C)c1ccc(NC(=O)C2CCC(N)C2)c(C(C)C)c1. The normalized spacial score (nSPS) is 22.0. The van der Waals surface area contributed by atoms with Gasteiger partial charge in [0.2, 0.25) is 5.91 Å². The second-order valence-corrected chi connectivity index (χ2v) is 6.92. The minimum absolute atomic E-state index is 0.0739. The molecule has 1 aromatic carbocycles. The van der Waals surface area contributed by atoms with Gasteiger partial charge in [0.05, 0.1) is 0 Å². The second-order valence-electron chi connectivity index (χ2n) is 6.92. The quantitative estimate of drug-likeness (QED) is 0.880. The van der Waals surface area contributed by atoms with Crippen molar-refractivity contribution >= 4 is 11.6 Å². The molecule has 0 bridgehead atoms. The maximum absolute atomic E-state index is 12.4. The van der Waals surface area contributed by atoms with Gasteiger partial charge in [0.25, 0.3) is 0 Å². The summed E-state index contributed by atoms with van der Waals surface area (Å²) in [5, 5.41) is 3.13. The van der Waals surface area contributed by atoms with Crippen molar-refractivity contribution in [3.05, 3.63) is 29.3 Å². The van der Waals surface area contributed by atoms with E-state index in [1.54, 1.807) is 0 Å². The van der Waals surface area contributed by atoms with E-state index in [2.05, 4.69) is 51.2 Å². The Hall–Kier alpha value is -1.35. The predicted molar refractivity (Wildman–Crippen MR) is 88.6 cm³/mol. The molecule has 21 heavy (non-hydrogen) atoms. The molecule has 1 aliphatic carbocycles. The highest BCUT2D eigenvalue weighted by molar-refractivity contribution is 5.93. The highest BCUT2D eigenvalue weighted by Gasteiger charge is 2.28. The number of nitrogens with two attached hydrogens (primary N) is 1. The fraction of sp³-hybridized carbons (Fsp3) is 0.611. The summed E-state index contributed by atoms with van der Waals surface area (Å²) in [5.74, 6) is 1.09. The lowest BCUT2D eigenvalue weighted by atomic mass is 9.94. The first-order valence-electron chi connectivity index (χ1n) is 8.08. The molecule has 1 amide bonds. The molecular formula is C18H28N2O. The van der Waals surface area contributed by atoms with E-state index >= 15 is 0 Å². The third kappa shape index (κ3) is 3.85. The number of amides is 1. The number of hydrogen-bond donors (Lipinski definition) is 2. The van der Waals surface area contributed by atoms with Gasteiger partial charge in [-0.2, -0.15) is 0 Å². The number of nitrogens with one attached hydrogen (secondary N) is 1. The highest BCUT2D eigenvalue weighted by atomic mass is 16.1. The first-order valence-corrected chi connectivity index (χ1v) is 8.08. The summed E-state index contributed by atoms with van der Waals surface area (Å²) in [6.07, 6.45) is 2.68. The van der Waals surface area contributed by atoms with Gasteiger partial charge in [-0.25, -0.2) is 0 Å². The number of hydrogen-bond acceptors (Lipinski definition) is 2. The lowest BCUT2D eigenvalue weighted by Crippen LogP contribution is -2.23. The van der Waals surface area contributed by atoms with Gasteiger partial charge in [-0.3, -0.25) is 4.79 Å². The van der Waals surface area contributed by atoms with Crippen molar-refractivity contribution in [1.29, 1.82) is 0 Å². The molecule has 0 heterocycles. The van der Waals surface area contributed by atoms with Crippen LogP contribution in [-0.4, -0.2) is 11.9 Å². The fourth-order valence-corrected chi connectivity index (χ4v) is 3.02. The van der Waals surface area contributed by atoms with Gasteiger partial charge in [0.15, 0.2) is 0 Å². The van der Waals surface area contributed by atoms with E-state index in [0.29, 0.717) is 11.8 Å².